The van der Waals surface area contributed by atoms with E-state index in [9.17, 15) is 13.2 Å². The molecule has 2 aromatic carbocycles. The first-order chi connectivity index (χ1) is 16.0. The van der Waals surface area contributed by atoms with Crippen LogP contribution in [0.5, 0.6) is 11.5 Å². The molecule has 1 saturated carbocycles. The fourth-order valence-corrected chi connectivity index (χ4v) is 5.45. The molecule has 1 amide bonds. The maximum absolute atomic E-state index is 12.6. The van der Waals surface area contributed by atoms with Crippen molar-refractivity contribution in [3.63, 3.8) is 0 Å². The van der Waals surface area contributed by atoms with Crippen LogP contribution in [0, 0.1) is 0 Å². The largest absolute Gasteiger partial charge is 0.486 e. The molecule has 0 bridgehead atoms. The molecule has 8 heteroatoms. The molecule has 0 aromatic heterocycles. The highest BCUT2D eigenvalue weighted by Gasteiger charge is 2.18. The minimum atomic E-state index is -3.63. The van der Waals surface area contributed by atoms with Gasteiger partial charge in [-0.15, -0.1) is 0 Å². The van der Waals surface area contributed by atoms with Crippen molar-refractivity contribution in [3.05, 3.63) is 53.6 Å². The molecular formula is C25H32N2O5S. The van der Waals surface area contributed by atoms with Crippen LogP contribution in [0.4, 0.5) is 0 Å². The lowest BCUT2D eigenvalue weighted by atomic mass is 9.84. The van der Waals surface area contributed by atoms with Crippen molar-refractivity contribution in [2.45, 2.75) is 55.8 Å². The number of sulfonamides is 1. The van der Waals surface area contributed by atoms with E-state index in [1.165, 1.54) is 37.7 Å². The van der Waals surface area contributed by atoms with Gasteiger partial charge >= 0.3 is 0 Å². The van der Waals surface area contributed by atoms with Crippen LogP contribution in [0.1, 0.15) is 55.6 Å². The predicted molar refractivity (Wildman–Crippen MR) is 126 cm³/mol. The molecule has 178 valence electrons. The van der Waals surface area contributed by atoms with Crippen molar-refractivity contribution < 1.29 is 22.7 Å². The summed E-state index contributed by atoms with van der Waals surface area (Å²) in [5.74, 6) is 1.81. The molecule has 1 aliphatic heterocycles. The minimum Gasteiger partial charge on any atom is -0.486 e. The molecule has 2 aromatic rings. The van der Waals surface area contributed by atoms with Gasteiger partial charge in [-0.25, -0.2) is 13.1 Å². The van der Waals surface area contributed by atoms with Crippen LogP contribution in [-0.2, 0) is 21.2 Å². The van der Waals surface area contributed by atoms with E-state index in [4.69, 9.17) is 9.47 Å². The summed E-state index contributed by atoms with van der Waals surface area (Å²) in [4.78, 5) is 12.4. The number of hydrogen-bond donors (Lipinski definition) is 2. The van der Waals surface area contributed by atoms with E-state index >= 15 is 0 Å². The van der Waals surface area contributed by atoms with Crippen molar-refractivity contribution in [2.75, 3.05) is 26.3 Å². The Kier molecular flexibility index (Phi) is 7.88. The lowest BCUT2D eigenvalue weighted by Gasteiger charge is -2.22. The van der Waals surface area contributed by atoms with Gasteiger partial charge in [0.15, 0.2) is 11.5 Å². The summed E-state index contributed by atoms with van der Waals surface area (Å²) in [5.41, 5.74) is 2.25. The molecule has 4 rings (SSSR count). The van der Waals surface area contributed by atoms with Gasteiger partial charge in [-0.2, -0.15) is 0 Å². The molecule has 0 atom stereocenters. The van der Waals surface area contributed by atoms with Crippen molar-refractivity contribution in [3.8, 4) is 11.5 Å². The summed E-state index contributed by atoms with van der Waals surface area (Å²) in [7, 11) is -3.63. The first kappa shape index (κ1) is 23.6. The maximum Gasteiger partial charge on any atom is 0.240 e. The Bertz CT molecular complexity index is 1050. The Balaban J connectivity index is 1.18. The molecule has 7 nitrogen and oxygen atoms in total. The summed E-state index contributed by atoms with van der Waals surface area (Å²) >= 11 is 0. The molecule has 0 spiro atoms. The molecule has 0 saturated heterocycles. The van der Waals surface area contributed by atoms with Gasteiger partial charge in [0.05, 0.1) is 4.90 Å². The normalized spacial score (nSPS) is 16.4. The summed E-state index contributed by atoms with van der Waals surface area (Å²) in [6.07, 6.45) is 6.86. The zero-order valence-corrected chi connectivity index (χ0v) is 19.7. The first-order valence-electron chi connectivity index (χ1n) is 11.8. The van der Waals surface area contributed by atoms with E-state index in [0.29, 0.717) is 32.1 Å². The van der Waals surface area contributed by atoms with Crippen LogP contribution in [0.25, 0.3) is 0 Å². The maximum atomic E-state index is 12.6. The van der Waals surface area contributed by atoms with Crippen molar-refractivity contribution >= 4 is 15.9 Å². The number of ether oxygens (including phenoxy) is 2. The van der Waals surface area contributed by atoms with Crippen molar-refractivity contribution in [1.82, 2.24) is 10.0 Å². The average Bonchev–Trinajstić information content (AvgIpc) is 2.84. The third-order valence-electron chi connectivity index (χ3n) is 6.25. The molecule has 0 unspecified atom stereocenters. The minimum absolute atomic E-state index is 0.0581. The van der Waals surface area contributed by atoms with Gasteiger partial charge in [-0.1, -0.05) is 37.5 Å². The Morgan fingerprint density at radius 3 is 2.39 bits per heavy atom. The van der Waals surface area contributed by atoms with Gasteiger partial charge in [0.25, 0.3) is 0 Å². The molecule has 1 fully saturated rings. The Morgan fingerprint density at radius 1 is 0.909 bits per heavy atom. The van der Waals surface area contributed by atoms with Crippen LogP contribution >= 0.6 is 0 Å². The highest BCUT2D eigenvalue weighted by Crippen LogP contribution is 2.33. The molecule has 0 radical (unpaired) electrons. The highest BCUT2D eigenvalue weighted by atomic mass is 32.2. The Hall–Kier alpha value is -2.58. The zero-order chi connectivity index (χ0) is 23.1. The smallest absolute Gasteiger partial charge is 0.240 e. The Morgan fingerprint density at radius 2 is 1.64 bits per heavy atom. The van der Waals surface area contributed by atoms with Gasteiger partial charge in [-0.3, -0.25) is 4.79 Å². The lowest BCUT2D eigenvalue weighted by Crippen LogP contribution is -2.31. The van der Waals surface area contributed by atoms with E-state index in [2.05, 4.69) is 10.0 Å². The van der Waals surface area contributed by atoms with Gasteiger partial charge in [0.1, 0.15) is 13.2 Å². The SMILES string of the molecule is O=C(CCNS(=O)(=O)c1ccc(C2CCCCC2)cc1)NCCc1ccc2c(c1)OCCO2. The fraction of sp³-hybridized carbons (Fsp3) is 0.480. The zero-order valence-electron chi connectivity index (χ0n) is 18.8. The van der Waals surface area contributed by atoms with Gasteiger partial charge < -0.3 is 14.8 Å². The number of rotatable bonds is 9. The van der Waals surface area contributed by atoms with Crippen LogP contribution in [0.3, 0.4) is 0 Å². The van der Waals surface area contributed by atoms with E-state index in [0.717, 1.165) is 17.1 Å². The standard InChI is InChI=1S/C25H32N2O5S/c28-25(26-14-12-19-6-11-23-24(18-19)32-17-16-31-23)13-15-27-33(29,30)22-9-7-21(8-10-22)20-4-2-1-3-5-20/h6-11,18,20,27H,1-5,12-17H2,(H,26,28). The number of carbonyl (C=O) groups excluding carboxylic acids is 1. The monoisotopic (exact) mass is 472 g/mol. The van der Waals surface area contributed by atoms with Gasteiger partial charge in [-0.05, 0) is 60.6 Å². The topological polar surface area (TPSA) is 93.7 Å². The molecule has 33 heavy (non-hydrogen) atoms. The van der Waals surface area contributed by atoms with Crippen molar-refractivity contribution in [2.24, 2.45) is 0 Å². The number of carbonyl (C=O) groups is 1. The lowest BCUT2D eigenvalue weighted by molar-refractivity contribution is -0.120. The van der Waals surface area contributed by atoms with Crippen LogP contribution in [0.15, 0.2) is 47.4 Å². The van der Waals surface area contributed by atoms with Gasteiger partial charge in [0.2, 0.25) is 15.9 Å². The summed E-state index contributed by atoms with van der Waals surface area (Å²) in [5, 5.41) is 2.84. The molecule has 1 aliphatic carbocycles. The van der Waals surface area contributed by atoms with E-state index in [1.54, 1.807) is 12.1 Å². The van der Waals surface area contributed by atoms with E-state index < -0.39 is 10.0 Å². The second-order valence-corrected chi connectivity index (χ2v) is 10.4. The molecule has 2 N–H and O–H groups in total. The highest BCUT2D eigenvalue weighted by molar-refractivity contribution is 7.89. The second-order valence-electron chi connectivity index (χ2n) is 8.63. The number of nitrogens with one attached hydrogen (secondary N) is 2. The van der Waals surface area contributed by atoms with Crippen LogP contribution in [-0.4, -0.2) is 40.6 Å². The summed E-state index contributed by atoms with van der Waals surface area (Å²) < 4.78 is 38.7. The summed E-state index contributed by atoms with van der Waals surface area (Å²) in [6.45, 7) is 1.61. The third-order valence-corrected chi connectivity index (χ3v) is 7.73. The third kappa shape index (κ3) is 6.48. The quantitative estimate of drug-likeness (QED) is 0.582. The molecule has 1 heterocycles. The number of benzene rings is 2. The van der Waals surface area contributed by atoms with Crippen LogP contribution in [0.2, 0.25) is 0 Å². The number of amides is 1. The predicted octanol–water partition coefficient (Wildman–Crippen LogP) is 3.53. The van der Waals surface area contributed by atoms with E-state index in [-0.39, 0.29) is 23.8 Å². The number of hydrogen-bond acceptors (Lipinski definition) is 5. The molecular weight excluding hydrogens is 440 g/mol. The van der Waals surface area contributed by atoms with E-state index in [1.807, 2.05) is 30.3 Å². The van der Waals surface area contributed by atoms with Crippen LogP contribution < -0.4 is 19.5 Å². The summed E-state index contributed by atoms with van der Waals surface area (Å²) in [6, 6.07) is 12.9. The average molecular weight is 473 g/mol. The fourth-order valence-electron chi connectivity index (χ4n) is 4.42. The Labute approximate surface area is 195 Å². The van der Waals surface area contributed by atoms with Gasteiger partial charge in [0, 0.05) is 19.5 Å². The second kappa shape index (κ2) is 11.0. The first-order valence-corrected chi connectivity index (χ1v) is 13.2. The number of fused-ring (bicyclic) bond motifs is 1. The van der Waals surface area contributed by atoms with Crippen molar-refractivity contribution in [1.29, 1.82) is 0 Å². The molecule has 2 aliphatic rings.